The number of sulfonamides is 1. The van der Waals surface area contributed by atoms with Crippen LogP contribution in [0.2, 0.25) is 0 Å². The molecule has 0 bridgehead atoms. The number of H-pyrrole nitrogens is 1. The first-order valence-corrected chi connectivity index (χ1v) is 5.98. The van der Waals surface area contributed by atoms with Crippen LogP contribution in [-0.2, 0) is 16.4 Å². The van der Waals surface area contributed by atoms with Crippen molar-refractivity contribution in [1.29, 1.82) is 0 Å². The molecule has 0 fully saturated rings. The molecule has 1 rings (SSSR count). The summed E-state index contributed by atoms with van der Waals surface area (Å²) in [5.74, 6) is 0.350. The summed E-state index contributed by atoms with van der Waals surface area (Å²) in [5.41, 5.74) is 5.14. The van der Waals surface area contributed by atoms with Crippen LogP contribution in [0.15, 0.2) is 16.4 Å². The third-order valence-electron chi connectivity index (χ3n) is 1.80. The number of aromatic amines is 1. The summed E-state index contributed by atoms with van der Waals surface area (Å²) in [6.07, 6.45) is 1.82. The van der Waals surface area contributed by atoms with Crippen LogP contribution < -0.4 is 10.5 Å². The predicted octanol–water partition coefficient (Wildman–Crippen LogP) is -1.00. The van der Waals surface area contributed by atoms with Crippen LogP contribution in [0, 0.1) is 0 Å². The molecule has 0 saturated carbocycles. The van der Waals surface area contributed by atoms with E-state index in [0.29, 0.717) is 12.2 Å². The van der Waals surface area contributed by atoms with Gasteiger partial charge in [-0.25, -0.2) is 18.1 Å². The van der Waals surface area contributed by atoms with Gasteiger partial charge in [-0.05, 0) is 0 Å². The molecule has 0 saturated heterocycles. The topological polar surface area (TPSA) is 133 Å². The molecule has 0 radical (unpaired) electrons. The first kappa shape index (κ1) is 12.5. The lowest BCUT2D eigenvalue weighted by Gasteiger charge is -2.02. The van der Waals surface area contributed by atoms with Gasteiger partial charge in [-0.1, -0.05) is 12.1 Å². The van der Waals surface area contributed by atoms with Crippen LogP contribution in [0.25, 0.3) is 0 Å². The number of oxime groups is 1. The first-order valence-electron chi connectivity index (χ1n) is 4.49. The minimum absolute atomic E-state index is 0.0462. The number of hydrogen-bond donors (Lipinski definition) is 4. The van der Waals surface area contributed by atoms with Crippen molar-refractivity contribution in [3.8, 4) is 0 Å². The minimum Gasteiger partial charge on any atom is -0.409 e. The van der Waals surface area contributed by atoms with Gasteiger partial charge in [0.05, 0.1) is 12.7 Å². The smallest absolute Gasteiger partial charge is 0.258 e. The number of amidine groups is 1. The minimum atomic E-state index is -3.69. The molecular weight excluding hydrogens is 234 g/mol. The van der Waals surface area contributed by atoms with Gasteiger partial charge < -0.3 is 15.9 Å². The van der Waals surface area contributed by atoms with Crippen molar-refractivity contribution in [2.75, 3.05) is 6.54 Å². The molecule has 1 aromatic rings. The second kappa shape index (κ2) is 4.94. The molecule has 0 atom stereocenters. The van der Waals surface area contributed by atoms with Crippen LogP contribution in [0.4, 0.5) is 0 Å². The number of nitrogens with one attached hydrogen (secondary N) is 2. The van der Waals surface area contributed by atoms with Crippen molar-refractivity contribution >= 4 is 15.9 Å². The quantitative estimate of drug-likeness (QED) is 0.229. The number of aromatic nitrogens is 2. The Morgan fingerprint density at radius 1 is 1.75 bits per heavy atom. The zero-order valence-corrected chi connectivity index (χ0v) is 9.45. The van der Waals surface area contributed by atoms with Gasteiger partial charge in [0.2, 0.25) is 0 Å². The van der Waals surface area contributed by atoms with Crippen LogP contribution in [-0.4, -0.2) is 36.0 Å². The summed E-state index contributed by atoms with van der Waals surface area (Å²) in [6.45, 7) is 1.58. The molecule has 0 amide bonds. The van der Waals surface area contributed by atoms with Gasteiger partial charge >= 0.3 is 0 Å². The molecule has 90 valence electrons. The Balaban J connectivity index is 2.78. The molecule has 0 spiro atoms. The van der Waals surface area contributed by atoms with Crippen molar-refractivity contribution in [1.82, 2.24) is 14.7 Å². The fourth-order valence-corrected chi connectivity index (χ4v) is 1.88. The summed E-state index contributed by atoms with van der Waals surface area (Å²) in [6, 6.07) is 0. The lowest BCUT2D eigenvalue weighted by Crippen LogP contribution is -2.33. The highest BCUT2D eigenvalue weighted by molar-refractivity contribution is 7.89. The van der Waals surface area contributed by atoms with Crippen molar-refractivity contribution < 1.29 is 13.6 Å². The highest BCUT2D eigenvalue weighted by Gasteiger charge is 2.16. The molecule has 16 heavy (non-hydrogen) atoms. The van der Waals surface area contributed by atoms with Gasteiger partial charge in [0, 0.05) is 6.42 Å². The fraction of sp³-hybridized carbons (Fsp3) is 0.429. The van der Waals surface area contributed by atoms with Crippen molar-refractivity contribution in [3.05, 3.63) is 12.0 Å². The molecule has 0 aliphatic carbocycles. The SMILES string of the molecule is CCc1ncc(S(=O)(=O)NCC(N)=NO)[nH]1. The number of hydrogen-bond acceptors (Lipinski definition) is 5. The average Bonchev–Trinajstić information content (AvgIpc) is 2.75. The van der Waals surface area contributed by atoms with E-state index in [-0.39, 0.29) is 17.4 Å². The van der Waals surface area contributed by atoms with Crippen molar-refractivity contribution in [3.63, 3.8) is 0 Å². The van der Waals surface area contributed by atoms with E-state index in [9.17, 15) is 8.42 Å². The summed E-state index contributed by atoms with van der Waals surface area (Å²) in [7, 11) is -3.69. The number of nitrogens with zero attached hydrogens (tertiary/aromatic N) is 2. The Morgan fingerprint density at radius 2 is 2.44 bits per heavy atom. The summed E-state index contributed by atoms with van der Waals surface area (Å²) in [5, 5.41) is 10.9. The van der Waals surface area contributed by atoms with E-state index in [0.717, 1.165) is 0 Å². The largest absolute Gasteiger partial charge is 0.409 e. The normalized spacial score (nSPS) is 12.9. The number of imidazole rings is 1. The molecular formula is C7H13N5O3S. The number of rotatable bonds is 5. The second-order valence-corrected chi connectivity index (χ2v) is 4.70. The number of aryl methyl sites for hydroxylation is 1. The van der Waals surface area contributed by atoms with E-state index in [1.165, 1.54) is 6.20 Å². The van der Waals surface area contributed by atoms with E-state index in [1.54, 1.807) is 0 Å². The molecule has 5 N–H and O–H groups in total. The molecule has 0 unspecified atom stereocenters. The average molecular weight is 247 g/mol. The maximum atomic E-state index is 11.6. The van der Waals surface area contributed by atoms with Gasteiger partial charge in [0.15, 0.2) is 10.9 Å². The standard InChI is InChI=1S/C7H13N5O3S/c1-2-6-9-4-7(11-6)16(14,15)10-3-5(8)12-13/h4,10,13H,2-3H2,1H3,(H2,8,12)(H,9,11). The van der Waals surface area contributed by atoms with Crippen LogP contribution in [0.3, 0.4) is 0 Å². The van der Waals surface area contributed by atoms with E-state index in [1.807, 2.05) is 6.92 Å². The summed E-state index contributed by atoms with van der Waals surface area (Å²) in [4.78, 5) is 6.50. The van der Waals surface area contributed by atoms with Gasteiger partial charge in [0.25, 0.3) is 10.0 Å². The maximum Gasteiger partial charge on any atom is 0.258 e. The zero-order chi connectivity index (χ0) is 12.2. The summed E-state index contributed by atoms with van der Waals surface area (Å²) < 4.78 is 25.4. The Hall–Kier alpha value is -1.61. The first-order chi connectivity index (χ1) is 7.49. The van der Waals surface area contributed by atoms with E-state index >= 15 is 0 Å². The maximum absolute atomic E-state index is 11.6. The third kappa shape index (κ3) is 2.94. The van der Waals surface area contributed by atoms with Crippen LogP contribution >= 0.6 is 0 Å². The Bertz CT molecular complexity index is 478. The van der Waals surface area contributed by atoms with E-state index < -0.39 is 10.0 Å². The fourth-order valence-electron chi connectivity index (χ4n) is 0.942. The molecule has 9 heteroatoms. The van der Waals surface area contributed by atoms with Gasteiger partial charge in [0.1, 0.15) is 5.82 Å². The Labute approximate surface area is 92.6 Å². The predicted molar refractivity (Wildman–Crippen MR) is 56.6 cm³/mol. The van der Waals surface area contributed by atoms with Gasteiger partial charge in [-0.3, -0.25) is 0 Å². The van der Waals surface area contributed by atoms with Crippen molar-refractivity contribution in [2.24, 2.45) is 10.9 Å². The van der Waals surface area contributed by atoms with Gasteiger partial charge in [-0.2, -0.15) is 0 Å². The zero-order valence-electron chi connectivity index (χ0n) is 8.64. The van der Waals surface area contributed by atoms with Gasteiger partial charge in [-0.15, -0.1) is 0 Å². The lowest BCUT2D eigenvalue weighted by atomic mass is 10.5. The molecule has 8 nitrogen and oxygen atoms in total. The van der Waals surface area contributed by atoms with E-state index in [4.69, 9.17) is 10.9 Å². The van der Waals surface area contributed by atoms with Crippen LogP contribution in [0.5, 0.6) is 0 Å². The van der Waals surface area contributed by atoms with Crippen LogP contribution in [0.1, 0.15) is 12.7 Å². The molecule has 0 aliphatic heterocycles. The Morgan fingerprint density at radius 3 is 2.94 bits per heavy atom. The molecule has 1 aromatic heterocycles. The Kier molecular flexibility index (Phi) is 3.85. The van der Waals surface area contributed by atoms with E-state index in [2.05, 4.69) is 19.8 Å². The monoisotopic (exact) mass is 247 g/mol. The highest BCUT2D eigenvalue weighted by atomic mass is 32.2. The lowest BCUT2D eigenvalue weighted by molar-refractivity contribution is 0.317. The molecule has 0 aliphatic rings. The third-order valence-corrected chi connectivity index (χ3v) is 3.11. The summed E-state index contributed by atoms with van der Waals surface area (Å²) >= 11 is 0. The second-order valence-electron chi connectivity index (χ2n) is 2.96. The van der Waals surface area contributed by atoms with Crippen molar-refractivity contribution in [2.45, 2.75) is 18.4 Å². The highest BCUT2D eigenvalue weighted by Crippen LogP contribution is 2.05. The molecule has 0 aromatic carbocycles. The number of nitrogens with two attached hydrogens (primary N) is 1. The molecule has 1 heterocycles.